The van der Waals surface area contributed by atoms with Crippen molar-refractivity contribution >= 4 is 44.8 Å². The third-order valence-electron chi connectivity index (χ3n) is 13.4. The molecule has 0 saturated carbocycles. The molecule has 0 amide bonds. The molecule has 11 aromatic carbocycles. The number of hydrogen-bond donors (Lipinski definition) is 0. The molecule has 0 fully saturated rings. The molecule has 12 rings (SSSR count). The zero-order valence-electron chi connectivity index (χ0n) is 37.5. The smallest absolute Gasteiger partial charge is 0.0473 e. The van der Waals surface area contributed by atoms with Crippen molar-refractivity contribution in [3.8, 4) is 77.9 Å². The first kappa shape index (κ1) is 40.0. The van der Waals surface area contributed by atoms with Gasteiger partial charge in [0, 0.05) is 30.3 Å². The Morgan fingerprint density at radius 2 is 0.821 bits per heavy atom. The minimum absolute atomic E-state index is 1.07. The largest absolute Gasteiger partial charge is 0.310 e. The van der Waals surface area contributed by atoms with E-state index in [0.717, 1.165) is 44.9 Å². The molecule has 0 bridgehead atoms. The van der Waals surface area contributed by atoms with Gasteiger partial charge in [0.1, 0.15) is 0 Å². The Morgan fingerprint density at radius 3 is 1.48 bits per heavy atom. The molecule has 0 atom stereocenters. The van der Waals surface area contributed by atoms with E-state index in [4.69, 9.17) is 0 Å². The van der Waals surface area contributed by atoms with Crippen LogP contribution in [0.3, 0.4) is 0 Å². The van der Waals surface area contributed by atoms with Gasteiger partial charge in [-0.15, -0.1) is 0 Å². The van der Waals surface area contributed by atoms with E-state index >= 15 is 0 Å². The maximum Gasteiger partial charge on any atom is 0.0473 e. The van der Waals surface area contributed by atoms with Crippen LogP contribution in [0.15, 0.2) is 242 Å². The summed E-state index contributed by atoms with van der Waals surface area (Å²) in [6.07, 6.45) is 1.92. The van der Waals surface area contributed by atoms with Gasteiger partial charge in [-0.1, -0.05) is 194 Å². The maximum atomic E-state index is 4.33. The summed E-state index contributed by atoms with van der Waals surface area (Å²) in [5.41, 5.74) is 22.8. The van der Waals surface area contributed by atoms with E-state index in [1.165, 1.54) is 82.7 Å². The van der Waals surface area contributed by atoms with Crippen LogP contribution in [-0.2, 0) is 0 Å². The number of aliphatic imine (C=N–C) groups is 1. The number of anilines is 3. The molecule has 2 nitrogen and oxygen atoms in total. The van der Waals surface area contributed by atoms with E-state index in [2.05, 4.69) is 253 Å². The molecule has 0 N–H and O–H groups in total. The van der Waals surface area contributed by atoms with Crippen LogP contribution in [0, 0.1) is 6.92 Å². The van der Waals surface area contributed by atoms with Crippen molar-refractivity contribution in [3.63, 3.8) is 0 Å². The fourth-order valence-electron chi connectivity index (χ4n) is 10.5. The Hall–Kier alpha value is -8.59. The maximum absolute atomic E-state index is 4.33. The van der Waals surface area contributed by atoms with Crippen LogP contribution in [0.2, 0.25) is 0 Å². The van der Waals surface area contributed by atoms with Gasteiger partial charge in [0.05, 0.1) is 0 Å². The molecule has 0 unspecified atom stereocenters. The van der Waals surface area contributed by atoms with Gasteiger partial charge in [-0.2, -0.15) is 0 Å². The van der Waals surface area contributed by atoms with Gasteiger partial charge >= 0.3 is 0 Å². The second-order valence-corrected chi connectivity index (χ2v) is 17.5. The molecular formula is C65H46N2. The molecular weight excluding hydrogens is 809 g/mol. The number of fused-ring (bicyclic) bond motifs is 4. The molecule has 0 radical (unpaired) electrons. The zero-order chi connectivity index (χ0) is 44.8. The standard InChI is InChI=1S/C65H46N2/c1-43-18-14-24-47(36-43)50-38-51(48-25-15-19-44(37-48)42-66-2)41-54(40-50)67(52-27-10-5-11-28-52)53-29-16-26-49(39-53)55-34-35-60-63-56(55)32-17-33-59(63)64-61(45-20-6-3-7-21-45)57-30-12-13-31-58(57)62(65(60)64)46-22-8-4-9-23-46/h3-42H,1-2H3. The van der Waals surface area contributed by atoms with Gasteiger partial charge in [-0.3, -0.25) is 4.99 Å². The summed E-state index contributed by atoms with van der Waals surface area (Å²) in [7, 11) is 1.82. The van der Waals surface area contributed by atoms with Gasteiger partial charge in [-0.25, -0.2) is 0 Å². The van der Waals surface area contributed by atoms with Crippen molar-refractivity contribution in [3.05, 3.63) is 248 Å². The normalized spacial score (nSPS) is 11.7. The molecule has 0 heterocycles. The Kier molecular flexibility index (Phi) is 9.99. The number of benzene rings is 11. The lowest BCUT2D eigenvalue weighted by Crippen LogP contribution is -2.10. The molecule has 11 aromatic rings. The number of hydrogen-bond acceptors (Lipinski definition) is 2. The van der Waals surface area contributed by atoms with Gasteiger partial charge in [0.15, 0.2) is 0 Å². The molecule has 0 saturated heterocycles. The first-order chi connectivity index (χ1) is 33.1. The summed E-state index contributed by atoms with van der Waals surface area (Å²) in [5, 5.41) is 5.08. The van der Waals surface area contributed by atoms with E-state index in [1.54, 1.807) is 0 Å². The number of rotatable bonds is 9. The molecule has 0 aromatic heterocycles. The van der Waals surface area contributed by atoms with Crippen molar-refractivity contribution in [2.24, 2.45) is 4.99 Å². The highest BCUT2D eigenvalue weighted by molar-refractivity contribution is 6.28. The summed E-state index contributed by atoms with van der Waals surface area (Å²) < 4.78 is 0. The number of aryl methyl sites for hydroxylation is 1. The van der Waals surface area contributed by atoms with Crippen molar-refractivity contribution in [2.45, 2.75) is 6.92 Å². The topological polar surface area (TPSA) is 15.6 Å². The molecule has 0 spiro atoms. The van der Waals surface area contributed by atoms with Gasteiger partial charge in [0.2, 0.25) is 0 Å². The van der Waals surface area contributed by atoms with Crippen LogP contribution in [0.1, 0.15) is 11.1 Å². The molecule has 2 heteroatoms. The van der Waals surface area contributed by atoms with Crippen molar-refractivity contribution in [2.75, 3.05) is 11.9 Å². The third-order valence-corrected chi connectivity index (χ3v) is 13.4. The monoisotopic (exact) mass is 854 g/mol. The highest BCUT2D eigenvalue weighted by Crippen LogP contribution is 2.58. The first-order valence-corrected chi connectivity index (χ1v) is 23.1. The zero-order valence-corrected chi connectivity index (χ0v) is 37.5. The highest BCUT2D eigenvalue weighted by Gasteiger charge is 2.31. The number of para-hydroxylation sites is 1. The Labute approximate surface area is 392 Å². The van der Waals surface area contributed by atoms with Crippen LogP contribution >= 0.6 is 0 Å². The summed E-state index contributed by atoms with van der Waals surface area (Å²) in [6, 6.07) is 86.9. The predicted octanol–water partition coefficient (Wildman–Crippen LogP) is 17.8. The van der Waals surface area contributed by atoms with E-state index in [0.29, 0.717) is 0 Å². The quantitative estimate of drug-likeness (QED) is 0.132. The summed E-state index contributed by atoms with van der Waals surface area (Å²) in [6.45, 7) is 2.16. The molecule has 67 heavy (non-hydrogen) atoms. The van der Waals surface area contributed by atoms with Crippen molar-refractivity contribution < 1.29 is 0 Å². The van der Waals surface area contributed by atoms with E-state index < -0.39 is 0 Å². The average Bonchev–Trinajstić information content (AvgIpc) is 3.71. The summed E-state index contributed by atoms with van der Waals surface area (Å²) in [4.78, 5) is 6.73. The van der Waals surface area contributed by atoms with E-state index in [1.807, 2.05) is 13.3 Å². The lowest BCUT2D eigenvalue weighted by molar-refractivity contribution is 1.28. The number of nitrogens with zero attached hydrogens (tertiary/aromatic N) is 2. The van der Waals surface area contributed by atoms with Crippen LogP contribution in [0.4, 0.5) is 17.1 Å². The first-order valence-electron chi connectivity index (χ1n) is 23.1. The van der Waals surface area contributed by atoms with Gasteiger partial charge < -0.3 is 4.90 Å². The predicted molar refractivity (Wildman–Crippen MR) is 286 cm³/mol. The van der Waals surface area contributed by atoms with Crippen molar-refractivity contribution in [1.82, 2.24) is 0 Å². The minimum atomic E-state index is 1.07. The lowest BCUT2D eigenvalue weighted by atomic mass is 9.82. The summed E-state index contributed by atoms with van der Waals surface area (Å²) in [5.74, 6) is 0. The van der Waals surface area contributed by atoms with Crippen LogP contribution in [0.25, 0.3) is 99.4 Å². The fourth-order valence-corrected chi connectivity index (χ4v) is 10.5. The average molecular weight is 855 g/mol. The lowest BCUT2D eigenvalue weighted by Gasteiger charge is -2.27. The Balaban J connectivity index is 1.07. The van der Waals surface area contributed by atoms with Crippen molar-refractivity contribution in [1.29, 1.82) is 0 Å². The van der Waals surface area contributed by atoms with Gasteiger partial charge in [0.25, 0.3) is 0 Å². The highest BCUT2D eigenvalue weighted by atomic mass is 15.1. The van der Waals surface area contributed by atoms with Crippen LogP contribution < -0.4 is 4.90 Å². The SMILES string of the molecule is CN=Cc1cccc(-c2cc(-c3cccc(C)c3)cc(N(c3ccccc3)c3cccc(-c4ccc5c6c(cccc46)-c4c-5c(-c5ccccc5)c5ccccc5c4-c4ccccc4)c3)c2)c1. The van der Waals surface area contributed by atoms with Crippen LogP contribution in [-0.4, -0.2) is 13.3 Å². The van der Waals surface area contributed by atoms with Crippen LogP contribution in [0.5, 0.6) is 0 Å². The van der Waals surface area contributed by atoms with E-state index in [-0.39, 0.29) is 0 Å². The fraction of sp³-hybridized carbons (Fsp3) is 0.0308. The third kappa shape index (κ3) is 7.02. The molecule has 1 aliphatic rings. The molecule has 316 valence electrons. The molecule has 1 aliphatic carbocycles. The Morgan fingerprint density at radius 1 is 0.328 bits per heavy atom. The van der Waals surface area contributed by atoms with Gasteiger partial charge in [-0.05, 0) is 160 Å². The molecule has 0 aliphatic heterocycles. The Bertz CT molecular complexity index is 3610. The van der Waals surface area contributed by atoms with E-state index in [9.17, 15) is 0 Å². The summed E-state index contributed by atoms with van der Waals surface area (Å²) >= 11 is 0. The second kappa shape index (κ2) is 16.8. The second-order valence-electron chi connectivity index (χ2n) is 17.5. The minimum Gasteiger partial charge on any atom is -0.310 e.